The molecule has 6 N–H and O–H groups in total. The lowest BCUT2D eigenvalue weighted by Crippen LogP contribution is -2.36. The quantitative estimate of drug-likeness (QED) is 0.440. The number of primary amides is 1. The lowest BCUT2D eigenvalue weighted by molar-refractivity contribution is 0.0955. The summed E-state index contributed by atoms with van der Waals surface area (Å²) in [4.78, 5) is 44.5. The van der Waals surface area contributed by atoms with E-state index in [1.165, 1.54) is 17.3 Å². The number of amides is 3. The molecule has 11 heteroatoms. The number of hydrogen-bond acceptors (Lipinski definition) is 5. The summed E-state index contributed by atoms with van der Waals surface area (Å²) in [5.74, 6) is -2.44. The molecule has 0 aliphatic heterocycles. The van der Waals surface area contributed by atoms with E-state index in [-0.39, 0.29) is 35.1 Å². The number of anilines is 2. The highest BCUT2D eigenvalue weighted by molar-refractivity contribution is 6.34. The molecule has 0 aliphatic carbocycles. The molecule has 0 saturated carbocycles. The molecule has 9 nitrogen and oxygen atoms in total. The van der Waals surface area contributed by atoms with E-state index in [9.17, 15) is 18.8 Å². The average Bonchev–Trinajstić information content (AvgIpc) is 3.22. The van der Waals surface area contributed by atoms with E-state index < -0.39 is 23.5 Å². The highest BCUT2D eigenvalue weighted by atomic mass is 35.5. The van der Waals surface area contributed by atoms with Crippen LogP contribution in [0.25, 0.3) is 0 Å². The van der Waals surface area contributed by atoms with Crippen LogP contribution in [0.15, 0.2) is 48.8 Å². The van der Waals surface area contributed by atoms with Crippen LogP contribution in [-0.2, 0) is 0 Å². The van der Waals surface area contributed by atoms with Crippen molar-refractivity contribution in [2.75, 3.05) is 23.3 Å². The van der Waals surface area contributed by atoms with Crippen molar-refractivity contribution in [3.63, 3.8) is 0 Å². The number of halogens is 2. The van der Waals surface area contributed by atoms with Crippen LogP contribution in [0.5, 0.6) is 0 Å². The number of H-pyrrole nitrogens is 1. The summed E-state index contributed by atoms with van der Waals surface area (Å²) in [6, 6.07) is 9.80. The molecule has 3 amide bonds. The highest BCUT2D eigenvalue weighted by Gasteiger charge is 2.24. The van der Waals surface area contributed by atoms with Crippen molar-refractivity contribution in [3.8, 4) is 0 Å². The van der Waals surface area contributed by atoms with E-state index in [1.54, 1.807) is 24.3 Å². The van der Waals surface area contributed by atoms with Gasteiger partial charge in [0.05, 0.1) is 16.9 Å². The molecule has 0 spiro atoms. The standard InChI is InChI=1S/C20H18ClFN6O3/c21-15-9-11(22)1-6-14(15)19(30)27-12-2-4-13(5-3-12)28(8-7-23)20(31)17-16(18(24)29)25-10-26-17/h1-6,9-10H,7-8,23H2,(H2,24,29)(H,25,26)(H,27,30). The summed E-state index contributed by atoms with van der Waals surface area (Å²) in [6.07, 6.45) is 1.20. The summed E-state index contributed by atoms with van der Waals surface area (Å²) in [6.45, 7) is 0.320. The number of nitrogens with zero attached hydrogens (tertiary/aromatic N) is 2. The van der Waals surface area contributed by atoms with E-state index in [0.29, 0.717) is 11.4 Å². The third kappa shape index (κ3) is 4.87. The third-order valence-corrected chi connectivity index (χ3v) is 4.61. The van der Waals surface area contributed by atoms with Gasteiger partial charge in [0.1, 0.15) is 11.5 Å². The lowest BCUT2D eigenvalue weighted by atomic mass is 10.2. The molecule has 160 valence electrons. The predicted molar refractivity (Wildman–Crippen MR) is 114 cm³/mol. The molecule has 31 heavy (non-hydrogen) atoms. The normalized spacial score (nSPS) is 10.5. The number of imidazole rings is 1. The number of carbonyl (C=O) groups is 3. The molecule has 0 radical (unpaired) electrons. The summed E-state index contributed by atoms with van der Waals surface area (Å²) in [7, 11) is 0. The predicted octanol–water partition coefficient (Wildman–Crippen LogP) is 2.16. The zero-order chi connectivity index (χ0) is 22.5. The molecule has 0 unspecified atom stereocenters. The first-order chi connectivity index (χ1) is 14.8. The molecule has 1 aromatic heterocycles. The molecule has 3 rings (SSSR count). The largest absolute Gasteiger partial charge is 0.364 e. The number of carbonyl (C=O) groups excluding carboxylic acids is 3. The van der Waals surface area contributed by atoms with Crippen molar-refractivity contribution in [1.29, 1.82) is 0 Å². The van der Waals surface area contributed by atoms with Gasteiger partial charge in [-0.25, -0.2) is 9.37 Å². The fourth-order valence-corrected chi connectivity index (χ4v) is 3.11. The van der Waals surface area contributed by atoms with Crippen LogP contribution in [0.4, 0.5) is 15.8 Å². The summed E-state index contributed by atoms with van der Waals surface area (Å²) in [5, 5.41) is 2.63. The van der Waals surface area contributed by atoms with Crippen molar-refractivity contribution in [2.24, 2.45) is 11.5 Å². The van der Waals surface area contributed by atoms with Crippen molar-refractivity contribution in [3.05, 3.63) is 76.6 Å². The number of hydrogen-bond donors (Lipinski definition) is 4. The van der Waals surface area contributed by atoms with Crippen LogP contribution >= 0.6 is 11.6 Å². The molecule has 0 saturated heterocycles. The molecule has 0 fully saturated rings. The van der Waals surface area contributed by atoms with Crippen LogP contribution in [0.1, 0.15) is 31.3 Å². The topological polar surface area (TPSA) is 147 Å². The first-order valence-electron chi connectivity index (χ1n) is 9.03. The SMILES string of the molecule is NCCN(C(=O)c1[nH]cnc1C(N)=O)c1ccc(NC(=O)c2ccc(F)cc2Cl)cc1. The Bertz CT molecular complexity index is 1130. The highest BCUT2D eigenvalue weighted by Crippen LogP contribution is 2.22. The second-order valence-electron chi connectivity index (χ2n) is 6.36. The fraction of sp³-hybridized carbons (Fsp3) is 0.100. The third-order valence-electron chi connectivity index (χ3n) is 4.30. The van der Waals surface area contributed by atoms with Gasteiger partial charge < -0.3 is 26.7 Å². The van der Waals surface area contributed by atoms with Gasteiger partial charge in [-0.05, 0) is 42.5 Å². The molecule has 2 aromatic carbocycles. The van der Waals surface area contributed by atoms with Gasteiger partial charge in [-0.2, -0.15) is 0 Å². The average molecular weight is 445 g/mol. The van der Waals surface area contributed by atoms with E-state index >= 15 is 0 Å². The van der Waals surface area contributed by atoms with Gasteiger partial charge in [-0.1, -0.05) is 11.6 Å². The Morgan fingerprint density at radius 2 is 1.87 bits per heavy atom. The zero-order valence-electron chi connectivity index (χ0n) is 16.1. The maximum Gasteiger partial charge on any atom is 0.277 e. The molecule has 0 atom stereocenters. The maximum atomic E-state index is 13.2. The first kappa shape index (κ1) is 21.9. The van der Waals surface area contributed by atoms with Crippen molar-refractivity contribution in [1.82, 2.24) is 9.97 Å². The Hall–Kier alpha value is -3.76. The Morgan fingerprint density at radius 3 is 2.48 bits per heavy atom. The zero-order valence-corrected chi connectivity index (χ0v) is 16.8. The molecule has 1 heterocycles. The minimum absolute atomic E-state index is 0.0151. The minimum Gasteiger partial charge on any atom is -0.364 e. The van der Waals surface area contributed by atoms with E-state index in [1.807, 2.05) is 0 Å². The lowest BCUT2D eigenvalue weighted by Gasteiger charge is -2.22. The smallest absolute Gasteiger partial charge is 0.277 e. The van der Waals surface area contributed by atoms with Gasteiger partial charge in [-0.15, -0.1) is 0 Å². The molecular formula is C20H18ClFN6O3. The maximum absolute atomic E-state index is 13.2. The Morgan fingerprint density at radius 1 is 1.16 bits per heavy atom. The molecule has 3 aromatic rings. The van der Waals surface area contributed by atoms with Crippen LogP contribution in [0, 0.1) is 5.82 Å². The van der Waals surface area contributed by atoms with Gasteiger partial charge in [0.2, 0.25) is 0 Å². The number of aromatic amines is 1. The summed E-state index contributed by atoms with van der Waals surface area (Å²) < 4.78 is 13.2. The van der Waals surface area contributed by atoms with Crippen molar-refractivity contribution in [2.45, 2.75) is 0 Å². The van der Waals surface area contributed by atoms with E-state index in [2.05, 4.69) is 15.3 Å². The van der Waals surface area contributed by atoms with E-state index in [0.717, 1.165) is 12.1 Å². The van der Waals surface area contributed by atoms with Crippen LogP contribution in [0.3, 0.4) is 0 Å². The minimum atomic E-state index is -0.838. The Balaban J connectivity index is 1.80. The van der Waals surface area contributed by atoms with Crippen LogP contribution < -0.4 is 21.7 Å². The second-order valence-corrected chi connectivity index (χ2v) is 6.77. The van der Waals surface area contributed by atoms with Crippen LogP contribution in [-0.4, -0.2) is 40.8 Å². The summed E-state index contributed by atoms with van der Waals surface area (Å²) in [5.41, 5.74) is 11.7. The fourth-order valence-electron chi connectivity index (χ4n) is 2.85. The molecule has 0 aliphatic rings. The van der Waals surface area contributed by atoms with Gasteiger partial charge in [0, 0.05) is 24.5 Å². The van der Waals surface area contributed by atoms with Crippen molar-refractivity contribution < 1.29 is 18.8 Å². The number of nitrogens with one attached hydrogen (secondary N) is 2. The number of benzene rings is 2. The van der Waals surface area contributed by atoms with Gasteiger partial charge in [0.25, 0.3) is 17.7 Å². The monoisotopic (exact) mass is 444 g/mol. The van der Waals surface area contributed by atoms with Gasteiger partial charge >= 0.3 is 0 Å². The number of aromatic nitrogens is 2. The van der Waals surface area contributed by atoms with E-state index in [4.69, 9.17) is 23.1 Å². The first-order valence-corrected chi connectivity index (χ1v) is 9.41. The van der Waals surface area contributed by atoms with Crippen LogP contribution in [0.2, 0.25) is 5.02 Å². The Kier molecular flexibility index (Phi) is 6.63. The number of nitrogens with two attached hydrogens (primary N) is 2. The summed E-state index contributed by atoms with van der Waals surface area (Å²) >= 11 is 5.91. The van der Waals surface area contributed by atoms with Crippen molar-refractivity contribution >= 4 is 40.7 Å². The van der Waals surface area contributed by atoms with Gasteiger partial charge in [0.15, 0.2) is 5.69 Å². The molecule has 0 bridgehead atoms. The van der Waals surface area contributed by atoms with Gasteiger partial charge in [-0.3, -0.25) is 14.4 Å². The second kappa shape index (κ2) is 9.37. The number of rotatable bonds is 7. The molecular weight excluding hydrogens is 427 g/mol. The Labute approximate surface area is 181 Å².